The van der Waals surface area contributed by atoms with E-state index in [1.165, 1.54) is 13.2 Å². The van der Waals surface area contributed by atoms with Gasteiger partial charge in [-0.25, -0.2) is 4.79 Å². The van der Waals surface area contributed by atoms with Gasteiger partial charge in [0, 0.05) is 5.69 Å². The normalized spacial score (nSPS) is 18.4. The quantitative estimate of drug-likeness (QED) is 0.839. The number of ether oxygens (including phenoxy) is 1. The number of halogens is 1. The highest BCUT2D eigenvalue weighted by Crippen LogP contribution is 2.22. The first kappa shape index (κ1) is 14.8. The molecule has 1 aromatic rings. The summed E-state index contributed by atoms with van der Waals surface area (Å²) in [5, 5.41) is 6.26. The first-order chi connectivity index (χ1) is 9.61. The molecule has 0 bridgehead atoms. The van der Waals surface area contributed by atoms with Crippen LogP contribution >= 0.6 is 11.6 Å². The van der Waals surface area contributed by atoms with Crippen LogP contribution in [0.3, 0.4) is 0 Å². The Morgan fingerprint density at radius 1 is 1.40 bits per heavy atom. The van der Waals surface area contributed by atoms with Gasteiger partial charge in [-0.2, -0.15) is 0 Å². The number of carbonyl (C=O) groups excluding carboxylic acids is 2. The molecule has 0 aliphatic carbocycles. The van der Waals surface area contributed by atoms with Crippen molar-refractivity contribution in [2.75, 3.05) is 19.0 Å². The lowest BCUT2D eigenvalue weighted by atomic mass is 10.0. The van der Waals surface area contributed by atoms with Crippen molar-refractivity contribution >= 4 is 29.2 Å². The minimum absolute atomic E-state index is 0.0946. The highest BCUT2D eigenvalue weighted by atomic mass is 35.5. The fraction of sp³-hybridized carbons (Fsp3) is 0.429. The van der Waals surface area contributed by atoms with Gasteiger partial charge >= 0.3 is 5.97 Å². The van der Waals surface area contributed by atoms with Crippen LogP contribution in [-0.2, 0) is 9.53 Å². The molecule has 1 unspecified atom stereocenters. The maximum atomic E-state index is 12.1. The summed E-state index contributed by atoms with van der Waals surface area (Å²) in [6.07, 6.45) is 2.96. The van der Waals surface area contributed by atoms with Crippen molar-refractivity contribution in [2.45, 2.75) is 25.3 Å². The van der Waals surface area contributed by atoms with Gasteiger partial charge in [0.1, 0.15) is 0 Å². The molecular formula is C14H17ClN2O3. The molecule has 1 atom stereocenters. The summed E-state index contributed by atoms with van der Waals surface area (Å²) >= 11 is 5.93. The van der Waals surface area contributed by atoms with Gasteiger partial charge in [-0.3, -0.25) is 4.79 Å². The molecule has 1 amide bonds. The molecule has 0 spiro atoms. The summed E-state index contributed by atoms with van der Waals surface area (Å²) in [5.41, 5.74) is 0.774. The van der Waals surface area contributed by atoms with E-state index in [2.05, 4.69) is 15.4 Å². The monoisotopic (exact) mass is 296 g/mol. The van der Waals surface area contributed by atoms with Crippen LogP contribution in [0.4, 0.5) is 5.69 Å². The molecule has 2 N–H and O–H groups in total. The van der Waals surface area contributed by atoms with Crippen molar-refractivity contribution in [2.24, 2.45) is 0 Å². The molecule has 6 heteroatoms. The summed E-state index contributed by atoms with van der Waals surface area (Å²) in [7, 11) is 1.29. The van der Waals surface area contributed by atoms with Crippen LogP contribution in [0.5, 0.6) is 0 Å². The molecule has 1 aliphatic heterocycles. The summed E-state index contributed by atoms with van der Waals surface area (Å²) in [4.78, 5) is 23.6. The molecule has 2 rings (SSSR count). The topological polar surface area (TPSA) is 67.4 Å². The summed E-state index contributed by atoms with van der Waals surface area (Å²) < 4.78 is 4.64. The highest BCUT2D eigenvalue weighted by Gasteiger charge is 2.21. The molecular weight excluding hydrogens is 280 g/mol. The average molecular weight is 297 g/mol. The van der Waals surface area contributed by atoms with E-state index in [-0.39, 0.29) is 17.5 Å². The Morgan fingerprint density at radius 3 is 2.85 bits per heavy atom. The Kier molecular flexibility index (Phi) is 4.98. The number of anilines is 1. The number of benzene rings is 1. The Balaban J connectivity index is 2.09. The van der Waals surface area contributed by atoms with Gasteiger partial charge in [-0.1, -0.05) is 18.0 Å². The molecule has 1 saturated heterocycles. The lowest BCUT2D eigenvalue weighted by Gasteiger charge is -2.22. The Bertz CT molecular complexity index is 513. The van der Waals surface area contributed by atoms with E-state index >= 15 is 0 Å². The van der Waals surface area contributed by atoms with Gasteiger partial charge in [-0.15, -0.1) is 0 Å². The van der Waals surface area contributed by atoms with Gasteiger partial charge in [-0.05, 0) is 37.6 Å². The van der Waals surface area contributed by atoms with Crippen molar-refractivity contribution < 1.29 is 14.3 Å². The van der Waals surface area contributed by atoms with Crippen LogP contribution in [0, 0.1) is 0 Å². The van der Waals surface area contributed by atoms with Gasteiger partial charge < -0.3 is 15.4 Å². The van der Waals surface area contributed by atoms with E-state index in [1.54, 1.807) is 12.1 Å². The lowest BCUT2D eigenvalue weighted by molar-refractivity contribution is -0.118. The van der Waals surface area contributed by atoms with Crippen LogP contribution in [0.2, 0.25) is 5.02 Å². The fourth-order valence-electron chi connectivity index (χ4n) is 2.17. The fourth-order valence-corrected chi connectivity index (χ4v) is 2.37. The van der Waals surface area contributed by atoms with Crippen molar-refractivity contribution in [3.63, 3.8) is 0 Å². The highest BCUT2D eigenvalue weighted by molar-refractivity contribution is 6.33. The minimum atomic E-state index is -0.526. The van der Waals surface area contributed by atoms with Gasteiger partial charge in [0.15, 0.2) is 0 Å². The van der Waals surface area contributed by atoms with Crippen LogP contribution in [-0.4, -0.2) is 31.6 Å². The third-order valence-electron chi connectivity index (χ3n) is 3.27. The third-order valence-corrected chi connectivity index (χ3v) is 3.60. The van der Waals surface area contributed by atoms with Crippen LogP contribution < -0.4 is 10.6 Å². The Hall–Kier alpha value is -1.59. The smallest absolute Gasteiger partial charge is 0.339 e. The summed E-state index contributed by atoms with van der Waals surface area (Å²) in [6.45, 7) is 0.853. The van der Waals surface area contributed by atoms with Gasteiger partial charge in [0.05, 0.1) is 23.7 Å². The molecule has 5 nitrogen and oxygen atoms in total. The van der Waals surface area contributed by atoms with E-state index in [9.17, 15) is 9.59 Å². The number of nitrogens with one attached hydrogen (secondary N) is 2. The minimum Gasteiger partial charge on any atom is -0.465 e. The molecule has 1 fully saturated rings. The summed E-state index contributed by atoms with van der Waals surface area (Å²) in [6, 6.07) is 4.57. The SMILES string of the molecule is COC(=O)c1cc(NC(=O)C2CCCCN2)ccc1Cl. The number of amides is 1. The molecule has 0 saturated carbocycles. The third kappa shape index (κ3) is 3.49. The largest absolute Gasteiger partial charge is 0.465 e. The van der Waals surface area contributed by atoms with Crippen LogP contribution in [0.15, 0.2) is 18.2 Å². The first-order valence-corrected chi connectivity index (χ1v) is 6.91. The second-order valence-corrected chi connectivity index (χ2v) is 5.09. The second kappa shape index (κ2) is 6.72. The molecule has 0 radical (unpaired) electrons. The first-order valence-electron chi connectivity index (χ1n) is 6.54. The molecule has 0 aromatic heterocycles. The van der Waals surface area contributed by atoms with Crippen molar-refractivity contribution in [1.82, 2.24) is 5.32 Å². The maximum absolute atomic E-state index is 12.1. The standard InChI is InChI=1S/C14H17ClN2O3/c1-20-14(19)10-8-9(5-6-11(10)15)17-13(18)12-4-2-3-7-16-12/h5-6,8,12,16H,2-4,7H2,1H3,(H,17,18). The van der Waals surface area contributed by atoms with E-state index < -0.39 is 5.97 Å². The molecule has 1 aliphatic rings. The molecule has 20 heavy (non-hydrogen) atoms. The number of hydrogen-bond acceptors (Lipinski definition) is 4. The van der Waals surface area contributed by atoms with Crippen LogP contribution in [0.25, 0.3) is 0 Å². The predicted molar refractivity (Wildman–Crippen MR) is 77.1 cm³/mol. The number of rotatable bonds is 3. The Morgan fingerprint density at radius 2 is 2.20 bits per heavy atom. The van der Waals surface area contributed by atoms with E-state index in [0.29, 0.717) is 10.7 Å². The second-order valence-electron chi connectivity index (χ2n) is 4.68. The molecule has 1 heterocycles. The number of hydrogen-bond donors (Lipinski definition) is 2. The van der Waals surface area contributed by atoms with Crippen molar-refractivity contribution in [3.05, 3.63) is 28.8 Å². The lowest BCUT2D eigenvalue weighted by Crippen LogP contribution is -2.43. The predicted octanol–water partition coefficient (Wildman–Crippen LogP) is 2.21. The van der Waals surface area contributed by atoms with E-state index in [4.69, 9.17) is 11.6 Å². The molecule has 1 aromatic carbocycles. The maximum Gasteiger partial charge on any atom is 0.339 e. The number of esters is 1. The van der Waals surface area contributed by atoms with Crippen molar-refractivity contribution in [3.8, 4) is 0 Å². The zero-order chi connectivity index (χ0) is 14.5. The van der Waals surface area contributed by atoms with E-state index in [0.717, 1.165) is 25.8 Å². The number of methoxy groups -OCH3 is 1. The van der Waals surface area contributed by atoms with Crippen molar-refractivity contribution in [1.29, 1.82) is 0 Å². The van der Waals surface area contributed by atoms with Gasteiger partial charge in [0.2, 0.25) is 5.91 Å². The Labute approximate surface area is 122 Å². The number of carbonyl (C=O) groups is 2. The van der Waals surface area contributed by atoms with Gasteiger partial charge in [0.25, 0.3) is 0 Å². The molecule has 108 valence electrons. The average Bonchev–Trinajstić information content (AvgIpc) is 2.49. The zero-order valence-electron chi connectivity index (χ0n) is 11.2. The van der Waals surface area contributed by atoms with Crippen LogP contribution in [0.1, 0.15) is 29.6 Å². The van der Waals surface area contributed by atoms with E-state index in [1.807, 2.05) is 0 Å². The zero-order valence-corrected chi connectivity index (χ0v) is 12.0. The summed E-state index contributed by atoms with van der Waals surface area (Å²) in [5.74, 6) is -0.621. The number of piperidine rings is 1.